The average molecular weight is 509 g/mol. The third-order valence-electron chi connectivity index (χ3n) is 6.25. The van der Waals surface area contributed by atoms with Gasteiger partial charge in [-0.05, 0) is 53.6 Å². The van der Waals surface area contributed by atoms with Crippen LogP contribution in [-0.4, -0.2) is 48.0 Å². The van der Waals surface area contributed by atoms with Gasteiger partial charge >= 0.3 is 6.03 Å². The van der Waals surface area contributed by atoms with Gasteiger partial charge in [0, 0.05) is 35.1 Å². The van der Waals surface area contributed by atoms with E-state index in [2.05, 4.69) is 34.5 Å². The number of carbonyl (C=O) groups excluding carboxylic acids is 1. The Morgan fingerprint density at radius 1 is 1.00 bits per heavy atom. The van der Waals surface area contributed by atoms with Gasteiger partial charge in [0.05, 0.1) is 25.0 Å². The molecule has 180 valence electrons. The van der Waals surface area contributed by atoms with Crippen molar-refractivity contribution in [3.63, 3.8) is 0 Å². The number of halogens is 2. The summed E-state index contributed by atoms with van der Waals surface area (Å²) in [5, 5.41) is 12.7. The van der Waals surface area contributed by atoms with Crippen LogP contribution in [0, 0.1) is 0 Å². The number of benzene rings is 3. The second kappa shape index (κ2) is 10.3. The SMILES string of the molecule is C[C@@H](NC(=O)N1N=C(c2cc(Cl)cc(Cl)c2)CC=C1N1CCOCC1)c1ccc2ccccc2c1. The molecule has 6 nitrogen and oxygen atoms in total. The molecular formula is C27H26Cl2N4O2. The van der Waals surface area contributed by atoms with Crippen LogP contribution >= 0.6 is 23.2 Å². The number of nitrogens with one attached hydrogen (secondary N) is 1. The van der Waals surface area contributed by atoms with E-state index >= 15 is 0 Å². The van der Waals surface area contributed by atoms with Crippen molar-refractivity contribution in [1.82, 2.24) is 15.2 Å². The summed E-state index contributed by atoms with van der Waals surface area (Å²) in [6.45, 7) is 4.60. The van der Waals surface area contributed by atoms with Crippen LogP contribution in [0.15, 0.2) is 77.7 Å². The molecule has 1 fully saturated rings. The van der Waals surface area contributed by atoms with E-state index < -0.39 is 0 Å². The van der Waals surface area contributed by atoms with Gasteiger partial charge < -0.3 is 15.0 Å². The maximum Gasteiger partial charge on any atom is 0.344 e. The zero-order valence-electron chi connectivity index (χ0n) is 19.4. The number of hydrogen-bond donors (Lipinski definition) is 1. The number of amides is 2. The molecule has 1 atom stereocenters. The smallest absolute Gasteiger partial charge is 0.344 e. The molecule has 0 aliphatic carbocycles. The Balaban J connectivity index is 1.42. The third kappa shape index (κ3) is 5.30. The van der Waals surface area contributed by atoms with E-state index in [9.17, 15) is 4.79 Å². The molecule has 0 unspecified atom stereocenters. The second-order valence-corrected chi connectivity index (χ2v) is 9.53. The number of morpholine rings is 1. The number of hydrogen-bond acceptors (Lipinski definition) is 4. The second-order valence-electron chi connectivity index (χ2n) is 8.66. The molecule has 1 saturated heterocycles. The largest absolute Gasteiger partial charge is 0.378 e. The van der Waals surface area contributed by atoms with Gasteiger partial charge in [0.15, 0.2) is 0 Å². The summed E-state index contributed by atoms with van der Waals surface area (Å²) in [5.74, 6) is 0.758. The minimum absolute atomic E-state index is 0.209. The number of hydrazone groups is 1. The average Bonchev–Trinajstić information content (AvgIpc) is 2.88. The first-order chi connectivity index (χ1) is 17.0. The Kier molecular flexibility index (Phi) is 6.95. The minimum atomic E-state index is -0.297. The zero-order valence-corrected chi connectivity index (χ0v) is 20.9. The number of nitrogens with zero attached hydrogens (tertiary/aromatic N) is 3. The molecule has 5 rings (SSSR count). The molecule has 0 radical (unpaired) electrons. The fourth-order valence-electron chi connectivity index (χ4n) is 4.40. The lowest BCUT2D eigenvalue weighted by molar-refractivity contribution is 0.0405. The summed E-state index contributed by atoms with van der Waals surface area (Å²) < 4.78 is 5.51. The van der Waals surface area contributed by atoms with E-state index in [0.29, 0.717) is 42.8 Å². The quantitative estimate of drug-likeness (QED) is 0.456. The molecule has 0 aromatic heterocycles. The lowest BCUT2D eigenvalue weighted by atomic mass is 10.0. The highest BCUT2D eigenvalue weighted by atomic mass is 35.5. The van der Waals surface area contributed by atoms with Gasteiger partial charge in [-0.15, -0.1) is 0 Å². The van der Waals surface area contributed by atoms with E-state index in [1.54, 1.807) is 6.07 Å². The molecule has 0 bridgehead atoms. The Bertz CT molecular complexity index is 1300. The standard InChI is InChI=1S/C27H26Cl2N4O2/c1-18(20-7-6-19-4-2-3-5-21(19)14-20)30-27(34)33-26(32-10-12-35-13-11-32)9-8-25(31-33)22-15-23(28)17-24(29)16-22/h2-7,9,14-18H,8,10-13H2,1H3,(H,30,34)/t18-/m1/s1. The third-order valence-corrected chi connectivity index (χ3v) is 6.69. The van der Waals surface area contributed by atoms with Gasteiger partial charge in [-0.25, -0.2) is 4.79 Å². The number of fused-ring (bicyclic) bond motifs is 1. The van der Waals surface area contributed by atoms with Gasteiger partial charge in [0.2, 0.25) is 0 Å². The Morgan fingerprint density at radius 2 is 1.71 bits per heavy atom. The lowest BCUT2D eigenvalue weighted by Crippen LogP contribution is -2.47. The fourth-order valence-corrected chi connectivity index (χ4v) is 4.92. The summed E-state index contributed by atoms with van der Waals surface area (Å²) in [7, 11) is 0. The van der Waals surface area contributed by atoms with Crippen molar-refractivity contribution in [2.75, 3.05) is 26.3 Å². The molecule has 3 aromatic carbocycles. The molecule has 35 heavy (non-hydrogen) atoms. The molecule has 2 amide bonds. The molecule has 2 aliphatic rings. The predicted molar refractivity (Wildman–Crippen MR) is 141 cm³/mol. The first-order valence-electron chi connectivity index (χ1n) is 11.6. The van der Waals surface area contributed by atoms with Crippen molar-refractivity contribution in [2.45, 2.75) is 19.4 Å². The highest BCUT2D eigenvalue weighted by Gasteiger charge is 2.29. The van der Waals surface area contributed by atoms with E-state index in [-0.39, 0.29) is 12.1 Å². The van der Waals surface area contributed by atoms with Crippen LogP contribution in [0.4, 0.5) is 4.79 Å². The maximum atomic E-state index is 13.6. The fraction of sp³-hybridized carbons (Fsp3) is 0.259. The van der Waals surface area contributed by atoms with Crippen molar-refractivity contribution < 1.29 is 9.53 Å². The van der Waals surface area contributed by atoms with Crippen molar-refractivity contribution in [3.8, 4) is 0 Å². The molecule has 1 N–H and O–H groups in total. The van der Waals surface area contributed by atoms with Crippen molar-refractivity contribution >= 4 is 45.7 Å². The van der Waals surface area contributed by atoms with Crippen molar-refractivity contribution in [2.24, 2.45) is 5.10 Å². The Hall–Kier alpha value is -3.06. The normalized spacial score (nSPS) is 17.1. The van der Waals surface area contributed by atoms with Crippen molar-refractivity contribution in [3.05, 3.63) is 93.7 Å². The highest BCUT2D eigenvalue weighted by molar-refractivity contribution is 6.35. The van der Waals surface area contributed by atoms with Crippen LogP contribution in [0.3, 0.4) is 0 Å². The van der Waals surface area contributed by atoms with Crippen molar-refractivity contribution in [1.29, 1.82) is 0 Å². The van der Waals surface area contributed by atoms with Crippen LogP contribution in [0.1, 0.15) is 30.5 Å². The number of ether oxygens (including phenoxy) is 1. The Morgan fingerprint density at radius 3 is 2.46 bits per heavy atom. The number of carbonyl (C=O) groups is 1. The van der Waals surface area contributed by atoms with E-state index in [1.807, 2.05) is 43.3 Å². The molecule has 0 spiro atoms. The minimum Gasteiger partial charge on any atom is -0.378 e. The van der Waals surface area contributed by atoms with Gasteiger partial charge in [-0.1, -0.05) is 59.6 Å². The van der Waals surface area contributed by atoms with E-state index in [0.717, 1.165) is 33.4 Å². The lowest BCUT2D eigenvalue weighted by Gasteiger charge is -2.36. The van der Waals surface area contributed by atoms with E-state index in [4.69, 9.17) is 33.0 Å². The van der Waals surface area contributed by atoms with Gasteiger partial charge in [0.25, 0.3) is 0 Å². The van der Waals surface area contributed by atoms with Crippen LogP contribution < -0.4 is 5.32 Å². The number of urea groups is 1. The predicted octanol–water partition coefficient (Wildman–Crippen LogP) is 6.20. The zero-order chi connectivity index (χ0) is 24.4. The van der Waals surface area contributed by atoms with Gasteiger partial charge in [0.1, 0.15) is 5.82 Å². The van der Waals surface area contributed by atoms with Crippen LogP contribution in [0.2, 0.25) is 10.0 Å². The first kappa shape index (κ1) is 23.7. The maximum absolute atomic E-state index is 13.6. The molecule has 3 aromatic rings. The van der Waals surface area contributed by atoms with Gasteiger partial charge in [-0.3, -0.25) is 0 Å². The van der Waals surface area contributed by atoms with Crippen LogP contribution in [-0.2, 0) is 4.74 Å². The molecule has 0 saturated carbocycles. The van der Waals surface area contributed by atoms with E-state index in [1.165, 1.54) is 5.01 Å². The molecule has 2 aliphatic heterocycles. The first-order valence-corrected chi connectivity index (χ1v) is 12.4. The molecule has 8 heteroatoms. The number of rotatable bonds is 4. The summed E-state index contributed by atoms with van der Waals surface area (Å²) in [4.78, 5) is 15.7. The monoisotopic (exact) mass is 508 g/mol. The topological polar surface area (TPSA) is 57.2 Å². The summed E-state index contributed by atoms with van der Waals surface area (Å²) in [6.07, 6.45) is 2.59. The summed E-state index contributed by atoms with van der Waals surface area (Å²) in [6, 6.07) is 19.2. The van der Waals surface area contributed by atoms with Crippen LogP contribution in [0.25, 0.3) is 10.8 Å². The highest BCUT2D eigenvalue weighted by Crippen LogP contribution is 2.27. The number of allylic oxidation sites excluding steroid dienone is 1. The summed E-state index contributed by atoms with van der Waals surface area (Å²) >= 11 is 12.5. The molecule has 2 heterocycles. The van der Waals surface area contributed by atoms with Gasteiger partial charge in [-0.2, -0.15) is 10.1 Å². The molecular weight excluding hydrogens is 483 g/mol. The Labute approximate surface area is 214 Å². The van der Waals surface area contributed by atoms with Crippen LogP contribution in [0.5, 0.6) is 0 Å². The summed E-state index contributed by atoms with van der Waals surface area (Å²) in [5.41, 5.74) is 2.54.